The van der Waals surface area contributed by atoms with E-state index in [0.717, 1.165) is 24.2 Å². The van der Waals surface area contributed by atoms with Crippen LogP contribution in [0.15, 0.2) is 48.5 Å². The average molecular weight is 363 g/mol. The first-order valence-electron chi connectivity index (χ1n) is 9.44. The fourth-order valence-electron chi connectivity index (χ4n) is 5.01. The van der Waals surface area contributed by atoms with Gasteiger partial charge in [0.2, 0.25) is 5.91 Å². The fourth-order valence-corrected chi connectivity index (χ4v) is 5.01. The zero-order valence-electron chi connectivity index (χ0n) is 15.1. The van der Waals surface area contributed by atoms with Crippen LogP contribution in [-0.4, -0.2) is 18.0 Å². The molecule has 1 saturated heterocycles. The van der Waals surface area contributed by atoms with Crippen molar-refractivity contribution in [2.45, 2.75) is 25.9 Å². The van der Waals surface area contributed by atoms with E-state index in [-0.39, 0.29) is 41.7 Å². The Morgan fingerprint density at radius 2 is 1.93 bits per heavy atom. The molecule has 138 valence electrons. The second-order valence-corrected chi connectivity index (χ2v) is 7.85. The molecule has 3 aliphatic rings. The number of fused-ring (bicyclic) bond motifs is 1. The van der Waals surface area contributed by atoms with E-state index >= 15 is 0 Å². The molecule has 27 heavy (non-hydrogen) atoms. The third kappa shape index (κ3) is 2.78. The molecule has 1 aliphatic heterocycles. The van der Waals surface area contributed by atoms with Gasteiger partial charge in [-0.1, -0.05) is 12.1 Å². The fraction of sp³-hybridized carbons (Fsp3) is 0.364. The van der Waals surface area contributed by atoms with Gasteiger partial charge in [0.1, 0.15) is 17.6 Å². The summed E-state index contributed by atoms with van der Waals surface area (Å²) in [5, 5.41) is 2.97. The van der Waals surface area contributed by atoms with E-state index in [0.29, 0.717) is 11.4 Å². The molecule has 2 aromatic carbocycles. The lowest BCUT2D eigenvalue weighted by Gasteiger charge is -2.23. The van der Waals surface area contributed by atoms with Crippen LogP contribution in [0, 0.1) is 30.6 Å². The molecule has 3 fully saturated rings. The van der Waals surface area contributed by atoms with Gasteiger partial charge in [-0.05, 0) is 67.6 Å². The highest BCUT2D eigenvalue weighted by atomic mass is 16.6. The number of hydrogen-bond acceptors (Lipinski definition) is 4. The van der Waals surface area contributed by atoms with Crippen LogP contribution in [0.4, 0.5) is 5.69 Å². The van der Waals surface area contributed by atoms with Crippen molar-refractivity contribution in [2.75, 3.05) is 5.32 Å². The minimum absolute atomic E-state index is 0.0506. The number of aryl methyl sites for hydroxylation is 1. The molecule has 1 amide bonds. The Hall–Kier alpha value is -2.82. The van der Waals surface area contributed by atoms with Gasteiger partial charge in [0.25, 0.3) is 0 Å². The highest BCUT2D eigenvalue weighted by molar-refractivity contribution is 5.97. The standard InChI is InChI=1S/C22H21NO4/c1-12-3-2-4-16(9-12)26-15-7-5-14(6-8-15)23-21(24)19-13-10-17-18(11-13)27-22(25)20(17)19/h2-9,13,17-20H,10-11H2,1H3,(H,23,24)/t13-,17+,18-,19-,20+/m1/s1. The molecule has 5 heteroatoms. The van der Waals surface area contributed by atoms with Gasteiger partial charge in [0, 0.05) is 11.6 Å². The lowest BCUT2D eigenvalue weighted by atomic mass is 9.79. The molecular weight excluding hydrogens is 342 g/mol. The van der Waals surface area contributed by atoms with Crippen molar-refractivity contribution >= 4 is 17.6 Å². The van der Waals surface area contributed by atoms with Gasteiger partial charge < -0.3 is 14.8 Å². The first kappa shape index (κ1) is 16.4. The minimum atomic E-state index is -0.260. The Kier molecular flexibility index (Phi) is 3.71. The summed E-state index contributed by atoms with van der Waals surface area (Å²) in [6.07, 6.45) is 1.81. The molecule has 0 aromatic heterocycles. The van der Waals surface area contributed by atoms with E-state index in [9.17, 15) is 9.59 Å². The zero-order valence-corrected chi connectivity index (χ0v) is 15.1. The molecule has 5 atom stereocenters. The van der Waals surface area contributed by atoms with Crippen molar-refractivity contribution in [3.05, 3.63) is 54.1 Å². The zero-order chi connectivity index (χ0) is 18.5. The summed E-state index contributed by atoms with van der Waals surface area (Å²) in [4.78, 5) is 24.9. The highest BCUT2D eigenvalue weighted by Crippen LogP contribution is 2.57. The molecule has 1 heterocycles. The maximum absolute atomic E-state index is 12.8. The van der Waals surface area contributed by atoms with Gasteiger partial charge in [0.05, 0.1) is 11.8 Å². The topological polar surface area (TPSA) is 64.6 Å². The predicted molar refractivity (Wildman–Crippen MR) is 99.4 cm³/mol. The number of anilines is 1. The summed E-state index contributed by atoms with van der Waals surface area (Å²) in [5.74, 6) is 1.22. The van der Waals surface area contributed by atoms with Gasteiger partial charge in [-0.3, -0.25) is 9.59 Å². The van der Waals surface area contributed by atoms with Crippen LogP contribution in [0.3, 0.4) is 0 Å². The summed E-state index contributed by atoms with van der Waals surface area (Å²) < 4.78 is 11.3. The van der Waals surface area contributed by atoms with E-state index in [1.165, 1.54) is 0 Å². The van der Waals surface area contributed by atoms with Crippen LogP contribution in [0.1, 0.15) is 18.4 Å². The van der Waals surface area contributed by atoms with E-state index in [2.05, 4.69) is 5.32 Å². The van der Waals surface area contributed by atoms with Gasteiger partial charge in [-0.15, -0.1) is 0 Å². The number of carbonyl (C=O) groups excluding carboxylic acids is 2. The van der Waals surface area contributed by atoms with Crippen molar-refractivity contribution in [1.29, 1.82) is 0 Å². The van der Waals surface area contributed by atoms with Gasteiger partial charge >= 0.3 is 5.97 Å². The third-order valence-corrected chi connectivity index (χ3v) is 6.13. The molecular formula is C22H21NO4. The molecule has 0 spiro atoms. The Balaban J connectivity index is 1.26. The van der Waals surface area contributed by atoms with Crippen LogP contribution in [0.25, 0.3) is 0 Å². The quantitative estimate of drug-likeness (QED) is 0.836. The highest BCUT2D eigenvalue weighted by Gasteiger charge is 2.63. The SMILES string of the molecule is Cc1cccc(Oc2ccc(NC(=O)[C@@H]3[C@@H]4C[C@@H]5[C@@H]3C(=O)O[C@@H]5C4)cc2)c1. The van der Waals surface area contributed by atoms with E-state index in [1.807, 2.05) is 55.5 Å². The third-order valence-electron chi connectivity index (χ3n) is 6.13. The van der Waals surface area contributed by atoms with E-state index < -0.39 is 0 Å². The van der Waals surface area contributed by atoms with E-state index in [1.54, 1.807) is 0 Å². The Morgan fingerprint density at radius 1 is 1.11 bits per heavy atom. The molecule has 2 aromatic rings. The van der Waals surface area contributed by atoms with Crippen LogP contribution in [0.2, 0.25) is 0 Å². The summed E-state index contributed by atoms with van der Waals surface area (Å²) in [7, 11) is 0. The number of esters is 1. The second-order valence-electron chi connectivity index (χ2n) is 7.85. The number of rotatable bonds is 4. The lowest BCUT2D eigenvalue weighted by Crippen LogP contribution is -2.35. The summed E-state index contributed by atoms with van der Waals surface area (Å²) >= 11 is 0. The normalized spacial score (nSPS) is 30.3. The summed E-state index contributed by atoms with van der Waals surface area (Å²) in [5.41, 5.74) is 1.84. The molecule has 1 N–H and O–H groups in total. The van der Waals surface area contributed by atoms with Crippen molar-refractivity contribution in [3.63, 3.8) is 0 Å². The second kappa shape index (κ2) is 6.12. The number of nitrogens with one attached hydrogen (secondary N) is 1. The summed E-state index contributed by atoms with van der Waals surface area (Å²) in [6, 6.07) is 15.2. The molecule has 0 radical (unpaired) electrons. The molecule has 5 rings (SSSR count). The maximum Gasteiger partial charge on any atom is 0.310 e. The van der Waals surface area contributed by atoms with Crippen LogP contribution < -0.4 is 10.1 Å². The first-order valence-corrected chi connectivity index (χ1v) is 9.44. The maximum atomic E-state index is 12.8. The van der Waals surface area contributed by atoms with Crippen molar-refractivity contribution in [2.24, 2.45) is 23.7 Å². The van der Waals surface area contributed by atoms with Crippen LogP contribution in [-0.2, 0) is 14.3 Å². The van der Waals surface area contributed by atoms with Crippen LogP contribution in [0.5, 0.6) is 11.5 Å². The summed E-state index contributed by atoms with van der Waals surface area (Å²) in [6.45, 7) is 2.02. The molecule has 2 saturated carbocycles. The number of benzene rings is 2. The lowest BCUT2D eigenvalue weighted by molar-refractivity contribution is -0.145. The number of amides is 1. The Bertz CT molecular complexity index is 905. The molecule has 2 bridgehead atoms. The van der Waals surface area contributed by atoms with E-state index in [4.69, 9.17) is 9.47 Å². The van der Waals surface area contributed by atoms with Gasteiger partial charge in [-0.2, -0.15) is 0 Å². The largest absolute Gasteiger partial charge is 0.462 e. The van der Waals surface area contributed by atoms with Gasteiger partial charge in [-0.25, -0.2) is 0 Å². The number of ether oxygens (including phenoxy) is 2. The minimum Gasteiger partial charge on any atom is -0.462 e. The average Bonchev–Trinajstić information content (AvgIpc) is 3.26. The monoisotopic (exact) mass is 363 g/mol. The predicted octanol–water partition coefficient (Wildman–Crippen LogP) is 3.92. The van der Waals surface area contributed by atoms with Crippen molar-refractivity contribution < 1.29 is 19.1 Å². The van der Waals surface area contributed by atoms with Gasteiger partial charge in [0.15, 0.2) is 0 Å². The number of carbonyl (C=O) groups is 2. The molecule has 2 aliphatic carbocycles. The Morgan fingerprint density at radius 3 is 2.70 bits per heavy atom. The molecule has 0 unspecified atom stereocenters. The van der Waals surface area contributed by atoms with Crippen LogP contribution >= 0.6 is 0 Å². The Labute approximate surface area is 157 Å². The molecule has 5 nitrogen and oxygen atoms in total. The number of hydrogen-bond donors (Lipinski definition) is 1. The first-order chi connectivity index (χ1) is 13.1. The van der Waals surface area contributed by atoms with Crippen molar-refractivity contribution in [1.82, 2.24) is 0 Å². The smallest absolute Gasteiger partial charge is 0.310 e. The van der Waals surface area contributed by atoms with Crippen molar-refractivity contribution in [3.8, 4) is 11.5 Å².